The minimum absolute atomic E-state index is 0.187. The Morgan fingerprint density at radius 1 is 1.18 bits per heavy atom. The molecule has 0 aromatic heterocycles. The average molecular weight is 389 g/mol. The molecular formula is C23H32O5. The van der Waals surface area contributed by atoms with Crippen LogP contribution in [0.1, 0.15) is 44.0 Å². The number of hydrogen-bond donors (Lipinski definition) is 1. The molecule has 154 valence electrons. The Kier molecular flexibility index (Phi) is 7.43. The van der Waals surface area contributed by atoms with E-state index in [9.17, 15) is 5.11 Å². The maximum atomic E-state index is 11.7. The number of allylic oxidation sites excluding steroid dienone is 2. The van der Waals surface area contributed by atoms with Crippen molar-refractivity contribution in [3.05, 3.63) is 61.2 Å². The lowest BCUT2D eigenvalue weighted by molar-refractivity contribution is -0.376. The Morgan fingerprint density at radius 2 is 1.96 bits per heavy atom. The van der Waals surface area contributed by atoms with Crippen LogP contribution in [0.3, 0.4) is 0 Å². The van der Waals surface area contributed by atoms with Crippen molar-refractivity contribution < 1.29 is 24.1 Å². The first-order valence-electron chi connectivity index (χ1n) is 10.1. The van der Waals surface area contributed by atoms with Gasteiger partial charge in [0, 0.05) is 18.6 Å². The lowest BCUT2D eigenvalue weighted by Crippen LogP contribution is -2.65. The summed E-state index contributed by atoms with van der Waals surface area (Å²) in [6.07, 6.45) is 5.90. The number of ether oxygens (including phenoxy) is 4. The van der Waals surface area contributed by atoms with Crippen molar-refractivity contribution in [3.63, 3.8) is 0 Å². The number of rotatable bonds is 9. The van der Waals surface area contributed by atoms with Gasteiger partial charge in [-0.1, -0.05) is 48.9 Å². The van der Waals surface area contributed by atoms with E-state index < -0.39 is 18.2 Å². The summed E-state index contributed by atoms with van der Waals surface area (Å²) in [4.78, 5) is 0. The van der Waals surface area contributed by atoms with Crippen LogP contribution in [0, 0.1) is 5.92 Å². The number of fused-ring (bicyclic) bond motifs is 1. The zero-order valence-corrected chi connectivity index (χ0v) is 16.7. The van der Waals surface area contributed by atoms with E-state index >= 15 is 0 Å². The van der Waals surface area contributed by atoms with Gasteiger partial charge < -0.3 is 24.1 Å². The van der Waals surface area contributed by atoms with E-state index in [0.717, 1.165) is 24.8 Å². The van der Waals surface area contributed by atoms with E-state index in [1.54, 1.807) is 7.11 Å². The SMILES string of the molecule is C=CCCCC[C@]1(O)[C@@H](OC)O[C@@H]2CO[C@@H](c3ccccc3)O[C@H]2[C@@H]1CC=C. The lowest BCUT2D eigenvalue weighted by atomic mass is 9.73. The van der Waals surface area contributed by atoms with Gasteiger partial charge in [-0.2, -0.15) is 0 Å². The molecule has 2 saturated heterocycles. The van der Waals surface area contributed by atoms with Gasteiger partial charge in [-0.15, -0.1) is 13.2 Å². The van der Waals surface area contributed by atoms with Crippen LogP contribution in [0.4, 0.5) is 0 Å². The standard InChI is InChI=1S/C23H32O5/c1-4-6-7-11-15-23(24)18(12-5-2)20-19(27-22(23)25-3)16-26-21(28-20)17-13-9-8-10-14-17/h4-5,8-10,13-14,18-22,24H,1-2,6-7,11-12,15-16H2,3H3/t18-,19+,20-,21+,22-,23+/m0/s1. The fourth-order valence-corrected chi connectivity index (χ4v) is 4.32. The topological polar surface area (TPSA) is 57.2 Å². The van der Waals surface area contributed by atoms with Crippen LogP contribution in [-0.2, 0) is 18.9 Å². The number of methoxy groups -OCH3 is 1. The van der Waals surface area contributed by atoms with Gasteiger partial charge in [0.2, 0.25) is 0 Å². The molecule has 1 N–H and O–H groups in total. The van der Waals surface area contributed by atoms with Crippen LogP contribution in [0.15, 0.2) is 55.6 Å². The Morgan fingerprint density at radius 3 is 2.64 bits per heavy atom. The average Bonchev–Trinajstić information content (AvgIpc) is 2.73. The van der Waals surface area contributed by atoms with Crippen LogP contribution in [0.25, 0.3) is 0 Å². The highest BCUT2D eigenvalue weighted by molar-refractivity contribution is 5.17. The molecule has 5 nitrogen and oxygen atoms in total. The summed E-state index contributed by atoms with van der Waals surface area (Å²) in [6, 6.07) is 9.85. The fraction of sp³-hybridized carbons (Fsp3) is 0.565. The molecule has 2 heterocycles. The molecule has 2 aliphatic rings. The van der Waals surface area contributed by atoms with E-state index in [1.807, 2.05) is 42.5 Å². The highest BCUT2D eigenvalue weighted by Crippen LogP contribution is 2.45. The molecule has 0 bridgehead atoms. The third-order valence-electron chi connectivity index (χ3n) is 5.75. The summed E-state index contributed by atoms with van der Waals surface area (Å²) >= 11 is 0. The minimum atomic E-state index is -1.15. The number of unbranched alkanes of at least 4 members (excludes halogenated alkanes) is 2. The smallest absolute Gasteiger partial charge is 0.186 e. The minimum Gasteiger partial charge on any atom is -0.384 e. The summed E-state index contributed by atoms with van der Waals surface area (Å²) in [5.74, 6) is -0.187. The normalized spacial score (nSPS) is 35.1. The second-order valence-corrected chi connectivity index (χ2v) is 7.58. The Labute approximate surface area is 167 Å². The largest absolute Gasteiger partial charge is 0.384 e. The molecule has 0 aliphatic carbocycles. The van der Waals surface area contributed by atoms with Gasteiger partial charge in [-0.05, 0) is 25.7 Å². The molecule has 0 saturated carbocycles. The second kappa shape index (κ2) is 9.81. The van der Waals surface area contributed by atoms with Crippen molar-refractivity contribution in [1.82, 2.24) is 0 Å². The van der Waals surface area contributed by atoms with Crippen molar-refractivity contribution in [2.45, 2.75) is 62.5 Å². The van der Waals surface area contributed by atoms with Crippen LogP contribution in [0.5, 0.6) is 0 Å². The van der Waals surface area contributed by atoms with E-state index in [0.29, 0.717) is 19.4 Å². The van der Waals surface area contributed by atoms with Crippen LogP contribution in [-0.4, -0.2) is 42.9 Å². The molecule has 1 aromatic carbocycles. The first kappa shape index (κ1) is 21.2. The maximum Gasteiger partial charge on any atom is 0.186 e. The van der Waals surface area contributed by atoms with Gasteiger partial charge in [-0.3, -0.25) is 0 Å². The summed E-state index contributed by atoms with van der Waals surface area (Å²) in [6.45, 7) is 8.07. The Hall–Kier alpha value is -1.50. The van der Waals surface area contributed by atoms with Gasteiger partial charge in [0.25, 0.3) is 0 Å². The van der Waals surface area contributed by atoms with Gasteiger partial charge in [-0.25, -0.2) is 0 Å². The Bertz CT molecular complexity index is 633. The van der Waals surface area contributed by atoms with E-state index in [1.165, 1.54) is 0 Å². The molecule has 2 aliphatic heterocycles. The molecular weight excluding hydrogens is 356 g/mol. The molecule has 1 aromatic rings. The quantitative estimate of drug-likeness (QED) is 0.509. The molecule has 28 heavy (non-hydrogen) atoms. The fourth-order valence-electron chi connectivity index (χ4n) is 4.32. The van der Waals surface area contributed by atoms with Crippen LogP contribution >= 0.6 is 0 Å². The van der Waals surface area contributed by atoms with Crippen molar-refractivity contribution in [1.29, 1.82) is 0 Å². The van der Waals surface area contributed by atoms with E-state index in [4.69, 9.17) is 18.9 Å². The predicted molar refractivity (Wildman–Crippen MR) is 108 cm³/mol. The predicted octanol–water partition coefficient (Wildman–Crippen LogP) is 4.14. The summed E-state index contributed by atoms with van der Waals surface area (Å²) in [5, 5.41) is 11.7. The number of hydrogen-bond acceptors (Lipinski definition) is 5. The van der Waals surface area contributed by atoms with Crippen molar-refractivity contribution in [3.8, 4) is 0 Å². The zero-order chi connectivity index (χ0) is 20.0. The summed E-state index contributed by atoms with van der Waals surface area (Å²) < 4.78 is 23.9. The van der Waals surface area contributed by atoms with Gasteiger partial charge in [0.15, 0.2) is 12.6 Å². The monoisotopic (exact) mass is 388 g/mol. The van der Waals surface area contributed by atoms with Gasteiger partial charge in [0.05, 0.1) is 12.7 Å². The zero-order valence-electron chi connectivity index (χ0n) is 16.7. The molecule has 5 heteroatoms. The molecule has 3 rings (SSSR count). The van der Waals surface area contributed by atoms with Crippen LogP contribution < -0.4 is 0 Å². The first-order chi connectivity index (χ1) is 13.6. The van der Waals surface area contributed by atoms with Crippen molar-refractivity contribution in [2.24, 2.45) is 5.92 Å². The number of benzene rings is 1. The highest BCUT2D eigenvalue weighted by atomic mass is 16.7. The maximum absolute atomic E-state index is 11.7. The van der Waals surface area contributed by atoms with Crippen molar-refractivity contribution >= 4 is 0 Å². The van der Waals surface area contributed by atoms with E-state index in [-0.39, 0.29) is 18.1 Å². The van der Waals surface area contributed by atoms with Gasteiger partial charge >= 0.3 is 0 Å². The molecule has 0 unspecified atom stereocenters. The molecule has 0 amide bonds. The number of aliphatic hydroxyl groups is 1. The second-order valence-electron chi connectivity index (χ2n) is 7.58. The summed E-state index contributed by atoms with van der Waals surface area (Å²) in [5.41, 5.74) is -0.189. The third kappa shape index (κ3) is 4.39. The van der Waals surface area contributed by atoms with E-state index in [2.05, 4.69) is 13.2 Å². The highest BCUT2D eigenvalue weighted by Gasteiger charge is 2.57. The molecule has 2 fully saturated rings. The molecule has 6 atom stereocenters. The third-order valence-corrected chi connectivity index (χ3v) is 5.75. The first-order valence-corrected chi connectivity index (χ1v) is 10.1. The Balaban J connectivity index is 1.82. The summed E-state index contributed by atoms with van der Waals surface area (Å²) in [7, 11) is 1.57. The van der Waals surface area contributed by atoms with Gasteiger partial charge in [0.1, 0.15) is 11.7 Å². The van der Waals surface area contributed by atoms with Crippen molar-refractivity contribution in [2.75, 3.05) is 13.7 Å². The lowest BCUT2D eigenvalue weighted by Gasteiger charge is -2.53. The molecule has 0 spiro atoms. The van der Waals surface area contributed by atoms with Crippen LogP contribution in [0.2, 0.25) is 0 Å². The molecule has 0 radical (unpaired) electrons.